The second kappa shape index (κ2) is 3.60. The van der Waals surface area contributed by atoms with E-state index in [0.29, 0.717) is 0 Å². The molecule has 0 fully saturated rings. The largest absolute Gasteiger partial charge is 0.241 e. The second-order valence-corrected chi connectivity index (χ2v) is 6.01. The summed E-state index contributed by atoms with van der Waals surface area (Å²) < 4.78 is 1.31. The van der Waals surface area contributed by atoms with Crippen LogP contribution in [0.4, 0.5) is 0 Å². The maximum Gasteiger partial charge on any atom is 0.0935 e. The van der Waals surface area contributed by atoms with Gasteiger partial charge in [-0.1, -0.05) is 33.8 Å². The molecule has 0 aliphatic carbocycles. The van der Waals surface area contributed by atoms with E-state index in [2.05, 4.69) is 50.9 Å². The second-order valence-electron chi connectivity index (χ2n) is 4.89. The molecule has 0 unspecified atom stereocenters. The molecule has 0 N–H and O–H groups in total. The molecule has 0 atom stereocenters. The van der Waals surface area contributed by atoms with Crippen LogP contribution < -0.4 is 0 Å². The highest BCUT2D eigenvalue weighted by Crippen LogP contribution is 2.28. The van der Waals surface area contributed by atoms with Crippen molar-refractivity contribution in [1.29, 1.82) is 0 Å². The number of hydrogen-bond acceptors (Lipinski definition) is 2. The topological polar surface area (TPSA) is 12.9 Å². The van der Waals surface area contributed by atoms with Crippen LogP contribution in [-0.4, -0.2) is 4.98 Å². The van der Waals surface area contributed by atoms with Gasteiger partial charge in [-0.2, -0.15) is 0 Å². The SMILES string of the molecule is CCc1nc2cc(C(C)(C)C)ccc2s1. The van der Waals surface area contributed by atoms with Gasteiger partial charge in [-0.3, -0.25) is 0 Å². The number of thiazole rings is 1. The number of hydrogen-bond donors (Lipinski definition) is 0. The highest BCUT2D eigenvalue weighted by molar-refractivity contribution is 7.18. The first-order valence-electron chi connectivity index (χ1n) is 5.40. The van der Waals surface area contributed by atoms with Gasteiger partial charge in [0.15, 0.2) is 0 Å². The quantitative estimate of drug-likeness (QED) is 0.702. The Morgan fingerprint density at radius 2 is 2.00 bits per heavy atom. The lowest BCUT2D eigenvalue weighted by Gasteiger charge is -2.18. The summed E-state index contributed by atoms with van der Waals surface area (Å²) in [6, 6.07) is 6.65. The minimum absolute atomic E-state index is 0.212. The van der Waals surface area contributed by atoms with Crippen molar-refractivity contribution < 1.29 is 0 Å². The van der Waals surface area contributed by atoms with Crippen molar-refractivity contribution in [1.82, 2.24) is 4.98 Å². The van der Waals surface area contributed by atoms with Gasteiger partial charge in [-0.25, -0.2) is 4.98 Å². The van der Waals surface area contributed by atoms with Crippen molar-refractivity contribution in [2.75, 3.05) is 0 Å². The summed E-state index contributed by atoms with van der Waals surface area (Å²) in [6.07, 6.45) is 1.03. The summed E-state index contributed by atoms with van der Waals surface area (Å²) in [5.41, 5.74) is 2.73. The molecule has 2 heteroatoms. The van der Waals surface area contributed by atoms with Crippen LogP contribution in [0, 0.1) is 0 Å². The van der Waals surface area contributed by atoms with Crippen molar-refractivity contribution >= 4 is 21.6 Å². The Bertz CT molecular complexity index is 477. The van der Waals surface area contributed by atoms with Gasteiger partial charge in [0.05, 0.1) is 15.2 Å². The monoisotopic (exact) mass is 219 g/mol. The molecule has 1 aromatic heterocycles. The summed E-state index contributed by atoms with van der Waals surface area (Å²) in [5, 5.41) is 1.23. The molecule has 1 aromatic carbocycles. The molecule has 2 rings (SSSR count). The highest BCUT2D eigenvalue weighted by atomic mass is 32.1. The van der Waals surface area contributed by atoms with E-state index in [1.54, 1.807) is 11.3 Å². The van der Waals surface area contributed by atoms with Crippen LogP contribution in [0.5, 0.6) is 0 Å². The van der Waals surface area contributed by atoms with Gasteiger partial charge < -0.3 is 0 Å². The zero-order chi connectivity index (χ0) is 11.1. The lowest BCUT2D eigenvalue weighted by molar-refractivity contribution is 0.591. The van der Waals surface area contributed by atoms with Gasteiger partial charge in [-0.15, -0.1) is 11.3 Å². The molecule has 0 aliphatic heterocycles. The summed E-state index contributed by atoms with van der Waals surface area (Å²) in [6.45, 7) is 8.87. The molecule has 80 valence electrons. The Hall–Kier alpha value is -0.890. The first-order chi connectivity index (χ1) is 7.00. The van der Waals surface area contributed by atoms with E-state index in [9.17, 15) is 0 Å². The summed E-state index contributed by atoms with van der Waals surface area (Å²) >= 11 is 1.81. The number of aryl methyl sites for hydroxylation is 1. The summed E-state index contributed by atoms with van der Waals surface area (Å²) in [7, 11) is 0. The van der Waals surface area contributed by atoms with E-state index in [4.69, 9.17) is 0 Å². The van der Waals surface area contributed by atoms with Crippen LogP contribution in [0.15, 0.2) is 18.2 Å². The van der Waals surface area contributed by atoms with E-state index < -0.39 is 0 Å². The summed E-state index contributed by atoms with van der Waals surface area (Å²) in [5.74, 6) is 0. The average Bonchev–Trinajstić information content (AvgIpc) is 2.57. The predicted octanol–water partition coefficient (Wildman–Crippen LogP) is 4.16. The number of fused-ring (bicyclic) bond motifs is 1. The third-order valence-corrected chi connectivity index (χ3v) is 3.78. The molecular weight excluding hydrogens is 202 g/mol. The fourth-order valence-corrected chi connectivity index (χ4v) is 2.48. The lowest BCUT2D eigenvalue weighted by Crippen LogP contribution is -2.10. The number of nitrogens with zero attached hydrogens (tertiary/aromatic N) is 1. The smallest absolute Gasteiger partial charge is 0.0935 e. The first kappa shape index (κ1) is 10.6. The van der Waals surface area contributed by atoms with E-state index in [1.807, 2.05) is 0 Å². The molecule has 2 aromatic rings. The van der Waals surface area contributed by atoms with Crippen LogP contribution >= 0.6 is 11.3 Å². The normalized spacial score (nSPS) is 12.3. The third-order valence-electron chi connectivity index (χ3n) is 2.60. The molecule has 0 spiro atoms. The molecule has 0 saturated heterocycles. The van der Waals surface area contributed by atoms with Crippen LogP contribution in [-0.2, 0) is 11.8 Å². The zero-order valence-corrected chi connectivity index (χ0v) is 10.6. The zero-order valence-electron chi connectivity index (χ0n) is 9.79. The van der Waals surface area contributed by atoms with Crippen LogP contribution in [0.2, 0.25) is 0 Å². The fourth-order valence-electron chi connectivity index (χ4n) is 1.59. The highest BCUT2D eigenvalue weighted by Gasteiger charge is 2.14. The van der Waals surface area contributed by atoms with Gasteiger partial charge >= 0.3 is 0 Å². The molecule has 0 radical (unpaired) electrons. The maximum absolute atomic E-state index is 4.62. The van der Waals surface area contributed by atoms with Crippen LogP contribution in [0.3, 0.4) is 0 Å². The Morgan fingerprint density at radius 3 is 2.60 bits per heavy atom. The Kier molecular flexibility index (Phi) is 2.55. The van der Waals surface area contributed by atoms with Gasteiger partial charge in [0.1, 0.15) is 0 Å². The molecule has 1 heterocycles. The fraction of sp³-hybridized carbons (Fsp3) is 0.462. The van der Waals surface area contributed by atoms with Gasteiger partial charge in [-0.05, 0) is 29.5 Å². The molecule has 1 nitrogen and oxygen atoms in total. The minimum atomic E-state index is 0.212. The van der Waals surface area contributed by atoms with E-state index >= 15 is 0 Å². The Morgan fingerprint density at radius 1 is 1.27 bits per heavy atom. The lowest BCUT2D eigenvalue weighted by atomic mass is 9.87. The number of benzene rings is 1. The van der Waals surface area contributed by atoms with E-state index in [0.717, 1.165) is 11.9 Å². The van der Waals surface area contributed by atoms with Crippen molar-refractivity contribution in [3.8, 4) is 0 Å². The Balaban J connectivity index is 2.55. The first-order valence-corrected chi connectivity index (χ1v) is 6.22. The van der Waals surface area contributed by atoms with Gasteiger partial charge in [0.25, 0.3) is 0 Å². The number of rotatable bonds is 1. The molecule has 0 aliphatic rings. The van der Waals surface area contributed by atoms with Crippen molar-refractivity contribution in [2.24, 2.45) is 0 Å². The third kappa shape index (κ3) is 2.05. The van der Waals surface area contributed by atoms with E-state index in [-0.39, 0.29) is 5.41 Å². The molecular formula is C13H17NS. The van der Waals surface area contributed by atoms with Crippen molar-refractivity contribution in [3.05, 3.63) is 28.8 Å². The molecule has 15 heavy (non-hydrogen) atoms. The maximum atomic E-state index is 4.62. The molecule has 0 bridgehead atoms. The molecule has 0 amide bonds. The van der Waals surface area contributed by atoms with Crippen molar-refractivity contribution in [3.63, 3.8) is 0 Å². The van der Waals surface area contributed by atoms with Crippen LogP contribution in [0.1, 0.15) is 38.3 Å². The standard InChI is InChI=1S/C13H17NS/c1-5-12-14-10-8-9(13(2,3)4)6-7-11(10)15-12/h6-8H,5H2,1-4H3. The molecule has 0 saturated carbocycles. The van der Waals surface area contributed by atoms with Crippen LogP contribution in [0.25, 0.3) is 10.2 Å². The van der Waals surface area contributed by atoms with Crippen molar-refractivity contribution in [2.45, 2.75) is 39.5 Å². The minimum Gasteiger partial charge on any atom is -0.241 e. The van der Waals surface area contributed by atoms with E-state index in [1.165, 1.54) is 15.3 Å². The van der Waals surface area contributed by atoms with Gasteiger partial charge in [0, 0.05) is 0 Å². The predicted molar refractivity (Wildman–Crippen MR) is 67.7 cm³/mol. The van der Waals surface area contributed by atoms with Gasteiger partial charge in [0.2, 0.25) is 0 Å². The summed E-state index contributed by atoms with van der Waals surface area (Å²) in [4.78, 5) is 4.62. The number of aromatic nitrogens is 1. The Labute approximate surface area is 95.2 Å². The average molecular weight is 219 g/mol.